The van der Waals surface area contributed by atoms with Crippen molar-refractivity contribution >= 4 is 12.5 Å². The molecular formula is C8H7O2. The first-order valence-corrected chi connectivity index (χ1v) is 2.84. The molecule has 0 amide bonds. The van der Waals surface area contributed by atoms with E-state index in [4.69, 9.17) is 10.2 Å². The summed E-state index contributed by atoms with van der Waals surface area (Å²) in [5.41, 5.74) is 0. The minimum atomic E-state index is 0.491. The van der Waals surface area contributed by atoms with Crippen LogP contribution in [-0.2, 0) is 0 Å². The largest absolute Gasteiger partial charge is 0.515 e. The third-order valence-corrected chi connectivity index (χ3v) is 1.19. The maximum absolute atomic E-state index is 8.57. The molecule has 0 saturated heterocycles. The van der Waals surface area contributed by atoms with Crippen molar-refractivity contribution in [1.29, 1.82) is 0 Å². The average molecular weight is 135 g/mol. The van der Waals surface area contributed by atoms with Crippen molar-refractivity contribution in [3.63, 3.8) is 0 Å². The number of benzene rings is 1. The quantitative estimate of drug-likeness (QED) is 0.529. The van der Waals surface area contributed by atoms with Gasteiger partial charge in [-0.2, -0.15) is 0 Å². The minimum Gasteiger partial charge on any atom is -0.515 e. The maximum Gasteiger partial charge on any atom is 0.0877 e. The van der Waals surface area contributed by atoms with E-state index in [1.165, 1.54) is 0 Å². The molecule has 0 atom stereocenters. The molecule has 1 rings (SSSR count). The molecule has 0 aliphatic heterocycles. The molecule has 0 spiro atoms. The van der Waals surface area contributed by atoms with Crippen LogP contribution in [0.5, 0.6) is 0 Å². The molecule has 2 heteroatoms. The zero-order chi connectivity index (χ0) is 7.40. The van der Waals surface area contributed by atoms with Gasteiger partial charge in [-0.15, -0.1) is 0 Å². The normalized spacial score (nSPS) is 14.0. The van der Waals surface area contributed by atoms with Gasteiger partial charge < -0.3 is 10.2 Å². The molecule has 2 N–H and O–H groups in total. The van der Waals surface area contributed by atoms with Gasteiger partial charge in [-0.1, -0.05) is 18.2 Å². The maximum atomic E-state index is 8.57. The highest BCUT2D eigenvalue weighted by molar-refractivity contribution is 5.22. The molecular weight excluding hydrogens is 128 g/mol. The Kier molecular flexibility index (Phi) is 1.95. The summed E-state index contributed by atoms with van der Waals surface area (Å²) in [7, 11) is 0. The van der Waals surface area contributed by atoms with Gasteiger partial charge in [0.05, 0.1) is 12.5 Å². The number of hydrogen-bond donors (Lipinski definition) is 2. The van der Waals surface area contributed by atoms with Crippen LogP contribution in [0.3, 0.4) is 0 Å². The van der Waals surface area contributed by atoms with E-state index < -0.39 is 0 Å². The van der Waals surface area contributed by atoms with Crippen LogP contribution in [0.4, 0.5) is 0 Å². The lowest BCUT2D eigenvalue weighted by atomic mass is 10.3. The Labute approximate surface area is 58.4 Å². The van der Waals surface area contributed by atoms with Gasteiger partial charge in [0.1, 0.15) is 0 Å². The van der Waals surface area contributed by atoms with Gasteiger partial charge >= 0.3 is 0 Å². The van der Waals surface area contributed by atoms with E-state index >= 15 is 0 Å². The lowest BCUT2D eigenvalue weighted by Crippen LogP contribution is -2.23. The summed E-state index contributed by atoms with van der Waals surface area (Å²) < 4.78 is 0. The van der Waals surface area contributed by atoms with Gasteiger partial charge in [-0.05, 0) is 6.07 Å². The first kappa shape index (κ1) is 6.68. The van der Waals surface area contributed by atoms with Crippen LogP contribution in [0, 0.1) is 6.07 Å². The molecule has 0 aromatic heterocycles. The molecule has 2 nitrogen and oxygen atoms in total. The highest BCUT2D eigenvalue weighted by atomic mass is 16.2. The highest BCUT2D eigenvalue weighted by Crippen LogP contribution is 1.68. The van der Waals surface area contributed by atoms with E-state index in [0.717, 1.165) is 12.5 Å². The van der Waals surface area contributed by atoms with E-state index in [9.17, 15) is 0 Å². The Morgan fingerprint density at radius 2 is 2.10 bits per heavy atom. The summed E-state index contributed by atoms with van der Waals surface area (Å²) >= 11 is 0. The van der Waals surface area contributed by atoms with Crippen molar-refractivity contribution < 1.29 is 10.2 Å². The Bertz CT molecular complexity index is 281. The molecule has 0 aliphatic carbocycles. The lowest BCUT2D eigenvalue weighted by Gasteiger charge is -1.83. The molecule has 1 aromatic rings. The van der Waals surface area contributed by atoms with Crippen molar-refractivity contribution in [2.45, 2.75) is 0 Å². The fourth-order valence-electron chi connectivity index (χ4n) is 0.687. The Morgan fingerprint density at radius 1 is 1.30 bits per heavy atom. The predicted molar refractivity (Wildman–Crippen MR) is 38.7 cm³/mol. The first-order chi connectivity index (χ1) is 4.88. The second kappa shape index (κ2) is 2.92. The van der Waals surface area contributed by atoms with Gasteiger partial charge in [0.2, 0.25) is 0 Å². The number of hydrogen-bond acceptors (Lipinski definition) is 2. The summed E-state index contributed by atoms with van der Waals surface area (Å²) in [6, 6.07) is 7.81. The third-order valence-electron chi connectivity index (χ3n) is 1.19. The SMILES string of the molecule is OC=c1[c]cccc1=CO. The summed E-state index contributed by atoms with van der Waals surface area (Å²) in [4.78, 5) is 0. The second-order valence-corrected chi connectivity index (χ2v) is 1.80. The Hall–Kier alpha value is -1.44. The smallest absolute Gasteiger partial charge is 0.0877 e. The molecule has 10 heavy (non-hydrogen) atoms. The van der Waals surface area contributed by atoms with Crippen LogP contribution >= 0.6 is 0 Å². The molecule has 0 heterocycles. The van der Waals surface area contributed by atoms with Gasteiger partial charge in [-0.3, -0.25) is 0 Å². The van der Waals surface area contributed by atoms with E-state index in [1.807, 2.05) is 0 Å². The van der Waals surface area contributed by atoms with Crippen LogP contribution in [0.25, 0.3) is 12.5 Å². The number of rotatable bonds is 0. The zero-order valence-corrected chi connectivity index (χ0v) is 5.28. The van der Waals surface area contributed by atoms with E-state index in [-0.39, 0.29) is 0 Å². The van der Waals surface area contributed by atoms with Gasteiger partial charge in [0.25, 0.3) is 0 Å². The van der Waals surface area contributed by atoms with Gasteiger partial charge in [-0.25, -0.2) is 0 Å². The Balaban J connectivity index is 3.53. The van der Waals surface area contributed by atoms with Crippen LogP contribution in [0.1, 0.15) is 0 Å². The monoisotopic (exact) mass is 135 g/mol. The molecule has 51 valence electrons. The van der Waals surface area contributed by atoms with E-state index in [2.05, 4.69) is 6.07 Å². The average Bonchev–Trinajstić information content (AvgIpc) is 2.04. The van der Waals surface area contributed by atoms with E-state index in [0.29, 0.717) is 10.4 Å². The minimum absolute atomic E-state index is 0.491. The van der Waals surface area contributed by atoms with Crippen LogP contribution < -0.4 is 10.4 Å². The predicted octanol–water partition coefficient (Wildman–Crippen LogP) is 0.0788. The fourth-order valence-corrected chi connectivity index (χ4v) is 0.687. The van der Waals surface area contributed by atoms with Gasteiger partial charge in [0.15, 0.2) is 0 Å². The zero-order valence-electron chi connectivity index (χ0n) is 5.28. The molecule has 0 saturated carbocycles. The van der Waals surface area contributed by atoms with Crippen LogP contribution in [-0.4, -0.2) is 10.2 Å². The second-order valence-electron chi connectivity index (χ2n) is 1.80. The number of aliphatic hydroxyl groups excluding tert-OH is 2. The lowest BCUT2D eigenvalue weighted by molar-refractivity contribution is 0.533. The summed E-state index contributed by atoms with van der Waals surface area (Å²) in [5.74, 6) is 0. The fraction of sp³-hybridized carbons (Fsp3) is 0. The molecule has 0 aliphatic rings. The Morgan fingerprint density at radius 3 is 2.60 bits per heavy atom. The van der Waals surface area contributed by atoms with Crippen molar-refractivity contribution in [3.05, 3.63) is 34.7 Å². The molecule has 0 fully saturated rings. The third kappa shape index (κ3) is 1.10. The van der Waals surface area contributed by atoms with Crippen LogP contribution in [0.2, 0.25) is 0 Å². The van der Waals surface area contributed by atoms with Crippen LogP contribution in [0.15, 0.2) is 18.2 Å². The van der Waals surface area contributed by atoms with Crippen molar-refractivity contribution in [2.75, 3.05) is 0 Å². The summed E-state index contributed by atoms with van der Waals surface area (Å²) in [5, 5.41) is 18.2. The number of aliphatic hydroxyl groups is 2. The highest BCUT2D eigenvalue weighted by Gasteiger charge is 1.80. The topological polar surface area (TPSA) is 40.5 Å². The molecule has 1 aromatic carbocycles. The first-order valence-electron chi connectivity index (χ1n) is 2.84. The van der Waals surface area contributed by atoms with Crippen molar-refractivity contribution in [2.24, 2.45) is 0 Å². The standard InChI is InChI=1S/C8H7O2/c9-5-7-3-1-2-4-8(7)6-10/h1-3,5-6,9-10H. The molecule has 1 radical (unpaired) electrons. The van der Waals surface area contributed by atoms with E-state index in [1.54, 1.807) is 18.2 Å². The summed E-state index contributed by atoms with van der Waals surface area (Å²) in [6.45, 7) is 0. The molecule has 0 bridgehead atoms. The van der Waals surface area contributed by atoms with Gasteiger partial charge in [0, 0.05) is 10.4 Å². The molecule has 0 unspecified atom stereocenters. The van der Waals surface area contributed by atoms with Crippen molar-refractivity contribution in [1.82, 2.24) is 0 Å². The van der Waals surface area contributed by atoms with Crippen molar-refractivity contribution in [3.8, 4) is 0 Å². The summed E-state index contributed by atoms with van der Waals surface area (Å²) in [6.07, 6.45) is 1.83.